The van der Waals surface area contributed by atoms with Crippen molar-refractivity contribution in [3.05, 3.63) is 0 Å². The second-order valence-electron chi connectivity index (χ2n) is 4.25. The maximum absolute atomic E-state index is 10.6. The summed E-state index contributed by atoms with van der Waals surface area (Å²) in [6.07, 6.45) is 3.21. The van der Waals surface area contributed by atoms with E-state index >= 15 is 0 Å². The molecule has 0 atom stereocenters. The van der Waals surface area contributed by atoms with Crippen LogP contribution >= 0.6 is 0 Å². The predicted octanol–water partition coefficient (Wildman–Crippen LogP) is 0.982. The molecule has 0 aliphatic heterocycles. The normalized spacial score (nSPS) is 16.9. The van der Waals surface area contributed by atoms with Crippen molar-refractivity contribution in [2.45, 2.75) is 39.2 Å². The van der Waals surface area contributed by atoms with Gasteiger partial charge in [0.2, 0.25) is 5.91 Å². The number of nitrogens with zero attached hydrogens (tertiary/aromatic N) is 1. The summed E-state index contributed by atoms with van der Waals surface area (Å²) in [5.74, 6) is 0.691. The third-order valence-electron chi connectivity index (χ3n) is 2.57. The summed E-state index contributed by atoms with van der Waals surface area (Å²) < 4.78 is 0. The van der Waals surface area contributed by atoms with E-state index in [0.29, 0.717) is 12.5 Å². The number of primary amides is 1. The van der Waals surface area contributed by atoms with Crippen molar-refractivity contribution in [2.24, 2.45) is 11.7 Å². The van der Waals surface area contributed by atoms with Crippen LogP contribution in [0.15, 0.2) is 0 Å². The van der Waals surface area contributed by atoms with Gasteiger partial charge in [-0.15, -0.1) is 0 Å². The molecular weight excluding hydrogens is 164 g/mol. The Hall–Kier alpha value is -0.570. The van der Waals surface area contributed by atoms with E-state index in [1.165, 1.54) is 12.8 Å². The Morgan fingerprint density at radius 1 is 1.54 bits per heavy atom. The molecule has 13 heavy (non-hydrogen) atoms. The third kappa shape index (κ3) is 4.27. The van der Waals surface area contributed by atoms with Crippen LogP contribution in [0.5, 0.6) is 0 Å². The Morgan fingerprint density at radius 3 is 2.54 bits per heavy atom. The Balaban J connectivity index is 2.23. The molecule has 0 unspecified atom stereocenters. The second kappa shape index (κ2) is 4.61. The number of hydrogen-bond donors (Lipinski definition) is 1. The summed E-state index contributed by atoms with van der Waals surface area (Å²) >= 11 is 0. The highest BCUT2D eigenvalue weighted by atomic mass is 16.1. The first-order chi connectivity index (χ1) is 6.09. The molecule has 0 saturated heterocycles. The van der Waals surface area contributed by atoms with Crippen LogP contribution in [0, 0.1) is 5.92 Å². The largest absolute Gasteiger partial charge is 0.370 e. The van der Waals surface area contributed by atoms with Gasteiger partial charge < -0.3 is 10.6 Å². The summed E-state index contributed by atoms with van der Waals surface area (Å²) in [6, 6.07) is 0.528. The lowest BCUT2D eigenvalue weighted by Gasteiger charge is -2.25. The molecule has 0 aromatic rings. The minimum Gasteiger partial charge on any atom is -0.370 e. The summed E-state index contributed by atoms with van der Waals surface area (Å²) in [5, 5.41) is 0. The van der Waals surface area contributed by atoms with Crippen LogP contribution in [0.25, 0.3) is 0 Å². The zero-order chi connectivity index (χ0) is 9.84. The molecule has 2 N–H and O–H groups in total. The molecule has 1 amide bonds. The first-order valence-electron chi connectivity index (χ1n) is 5.12. The minimum absolute atomic E-state index is 0.193. The van der Waals surface area contributed by atoms with Crippen LogP contribution in [0.3, 0.4) is 0 Å². The highest BCUT2D eigenvalue weighted by Gasteiger charge is 2.25. The fourth-order valence-corrected chi connectivity index (χ4v) is 1.45. The lowest BCUT2D eigenvalue weighted by atomic mass is 10.2. The zero-order valence-electron chi connectivity index (χ0n) is 8.62. The summed E-state index contributed by atoms with van der Waals surface area (Å²) in [7, 11) is 0. The highest BCUT2D eigenvalue weighted by molar-refractivity contribution is 5.73. The Morgan fingerprint density at radius 2 is 2.15 bits per heavy atom. The topological polar surface area (TPSA) is 46.3 Å². The van der Waals surface area contributed by atoms with E-state index in [1.807, 2.05) is 0 Å². The minimum atomic E-state index is -0.193. The lowest BCUT2D eigenvalue weighted by molar-refractivity contribution is -0.118. The molecule has 0 bridgehead atoms. The SMILES string of the molecule is CC(C)N(CCC(N)=O)CC1CC1. The van der Waals surface area contributed by atoms with Gasteiger partial charge >= 0.3 is 0 Å². The average Bonchev–Trinajstić information content (AvgIpc) is 2.80. The van der Waals surface area contributed by atoms with Crippen molar-refractivity contribution in [3.63, 3.8) is 0 Å². The molecule has 1 fully saturated rings. The van der Waals surface area contributed by atoms with Crippen molar-refractivity contribution in [1.29, 1.82) is 0 Å². The van der Waals surface area contributed by atoms with Crippen molar-refractivity contribution in [2.75, 3.05) is 13.1 Å². The van der Waals surface area contributed by atoms with Gasteiger partial charge in [-0.25, -0.2) is 0 Å². The van der Waals surface area contributed by atoms with E-state index in [2.05, 4.69) is 18.7 Å². The van der Waals surface area contributed by atoms with E-state index in [9.17, 15) is 4.79 Å². The van der Waals surface area contributed by atoms with Crippen LogP contribution < -0.4 is 5.73 Å². The first kappa shape index (κ1) is 10.5. The monoisotopic (exact) mass is 184 g/mol. The summed E-state index contributed by atoms with van der Waals surface area (Å²) in [4.78, 5) is 13.0. The van der Waals surface area contributed by atoms with E-state index < -0.39 is 0 Å². The maximum atomic E-state index is 10.6. The van der Waals surface area contributed by atoms with Gasteiger partial charge in [-0.1, -0.05) is 0 Å². The molecule has 76 valence electrons. The fourth-order valence-electron chi connectivity index (χ4n) is 1.45. The van der Waals surface area contributed by atoms with Crippen LogP contribution in [0.4, 0.5) is 0 Å². The molecule has 0 aromatic carbocycles. The van der Waals surface area contributed by atoms with Crippen LogP contribution in [-0.2, 0) is 4.79 Å². The highest BCUT2D eigenvalue weighted by Crippen LogP contribution is 2.30. The van der Waals surface area contributed by atoms with Gasteiger partial charge in [-0.05, 0) is 32.6 Å². The molecule has 3 heteroatoms. The lowest BCUT2D eigenvalue weighted by Crippen LogP contribution is -2.35. The molecule has 0 aromatic heterocycles. The Labute approximate surface area is 80.3 Å². The van der Waals surface area contributed by atoms with Crippen molar-refractivity contribution in [1.82, 2.24) is 4.90 Å². The van der Waals surface area contributed by atoms with Gasteiger partial charge in [0.05, 0.1) is 0 Å². The van der Waals surface area contributed by atoms with Gasteiger partial charge in [0.25, 0.3) is 0 Å². The molecule has 0 spiro atoms. The van der Waals surface area contributed by atoms with Crippen LogP contribution in [0.1, 0.15) is 33.1 Å². The quantitative estimate of drug-likeness (QED) is 0.669. The smallest absolute Gasteiger partial charge is 0.218 e. The number of carbonyl (C=O) groups excluding carboxylic acids is 1. The third-order valence-corrected chi connectivity index (χ3v) is 2.57. The van der Waals surface area contributed by atoms with Gasteiger partial charge in [0.1, 0.15) is 0 Å². The molecule has 1 aliphatic rings. The molecule has 1 saturated carbocycles. The number of hydrogen-bond acceptors (Lipinski definition) is 2. The fraction of sp³-hybridized carbons (Fsp3) is 0.900. The molecule has 1 rings (SSSR count). The summed E-state index contributed by atoms with van der Waals surface area (Å²) in [5.41, 5.74) is 5.12. The first-order valence-corrected chi connectivity index (χ1v) is 5.12. The molecule has 0 heterocycles. The zero-order valence-corrected chi connectivity index (χ0v) is 8.62. The number of rotatable bonds is 6. The molecule has 0 radical (unpaired) electrons. The average molecular weight is 184 g/mol. The molecule has 1 aliphatic carbocycles. The van der Waals surface area contributed by atoms with Gasteiger partial charge in [0, 0.05) is 25.6 Å². The van der Waals surface area contributed by atoms with E-state index in [0.717, 1.165) is 19.0 Å². The van der Waals surface area contributed by atoms with Crippen LogP contribution in [-0.4, -0.2) is 29.9 Å². The second-order valence-corrected chi connectivity index (χ2v) is 4.25. The van der Waals surface area contributed by atoms with Gasteiger partial charge in [-0.2, -0.15) is 0 Å². The van der Waals surface area contributed by atoms with Crippen molar-refractivity contribution in [3.8, 4) is 0 Å². The van der Waals surface area contributed by atoms with Gasteiger partial charge in [0.15, 0.2) is 0 Å². The maximum Gasteiger partial charge on any atom is 0.218 e. The predicted molar refractivity (Wildman–Crippen MR) is 53.2 cm³/mol. The summed E-state index contributed by atoms with van der Waals surface area (Å²) in [6.45, 7) is 6.31. The Kier molecular flexibility index (Phi) is 3.72. The Bertz CT molecular complexity index is 176. The standard InChI is InChI=1S/C10H20N2O/c1-8(2)12(6-5-10(11)13)7-9-3-4-9/h8-9H,3-7H2,1-2H3,(H2,11,13). The van der Waals surface area contributed by atoms with Crippen molar-refractivity contribution < 1.29 is 4.79 Å². The van der Waals surface area contributed by atoms with E-state index in [4.69, 9.17) is 5.73 Å². The number of nitrogens with two attached hydrogens (primary N) is 1. The van der Waals surface area contributed by atoms with E-state index in [1.54, 1.807) is 0 Å². The molecule has 3 nitrogen and oxygen atoms in total. The van der Waals surface area contributed by atoms with E-state index in [-0.39, 0.29) is 5.91 Å². The van der Waals surface area contributed by atoms with Crippen molar-refractivity contribution >= 4 is 5.91 Å². The van der Waals surface area contributed by atoms with Crippen LogP contribution in [0.2, 0.25) is 0 Å². The number of carbonyl (C=O) groups is 1. The van der Waals surface area contributed by atoms with Gasteiger partial charge in [-0.3, -0.25) is 4.79 Å². The molecular formula is C10H20N2O. The number of amides is 1.